The van der Waals surface area contributed by atoms with Crippen molar-refractivity contribution in [2.45, 2.75) is 11.1 Å². The lowest BCUT2D eigenvalue weighted by Crippen LogP contribution is -2.33. The molecule has 11 heteroatoms. The smallest absolute Gasteiger partial charge is 0.333 e. The molecule has 0 aliphatic rings. The number of aryl methyl sites for hydroxylation is 1. The molecule has 5 aromatic rings. The number of aromatic nitrogens is 2. The SMILES string of the molecule is Cc1ccc(S(=O)(=O)NC(=O)Nc2ccc(-n3ccc4cc5ncoc5cc4c3=O)cc2)s1. The first-order chi connectivity index (χ1) is 15.8. The summed E-state index contributed by atoms with van der Waals surface area (Å²) in [5, 5.41) is 3.71. The molecule has 166 valence electrons. The Morgan fingerprint density at radius 1 is 1.09 bits per heavy atom. The maximum absolute atomic E-state index is 13.0. The maximum Gasteiger partial charge on any atom is 0.333 e. The molecule has 2 amide bonds. The molecule has 0 fully saturated rings. The second-order valence-electron chi connectivity index (χ2n) is 7.22. The molecule has 0 spiro atoms. The number of hydrogen-bond acceptors (Lipinski definition) is 7. The second-order valence-corrected chi connectivity index (χ2v) is 10.4. The van der Waals surface area contributed by atoms with Crippen LogP contribution in [0.4, 0.5) is 10.5 Å². The summed E-state index contributed by atoms with van der Waals surface area (Å²) in [5.74, 6) is 0. The summed E-state index contributed by atoms with van der Waals surface area (Å²) in [6.07, 6.45) is 2.98. The number of amides is 2. The van der Waals surface area contributed by atoms with Crippen LogP contribution in [-0.4, -0.2) is 24.0 Å². The highest BCUT2D eigenvalue weighted by atomic mass is 32.2. The zero-order chi connectivity index (χ0) is 23.2. The molecule has 0 bridgehead atoms. The molecule has 2 N–H and O–H groups in total. The van der Waals surface area contributed by atoms with Crippen LogP contribution in [0.5, 0.6) is 0 Å². The Labute approximate surface area is 191 Å². The van der Waals surface area contributed by atoms with Gasteiger partial charge in [0.2, 0.25) is 0 Å². The number of carbonyl (C=O) groups is 1. The molecule has 9 nitrogen and oxygen atoms in total. The fourth-order valence-corrected chi connectivity index (χ4v) is 5.58. The zero-order valence-corrected chi connectivity index (χ0v) is 18.7. The van der Waals surface area contributed by atoms with Crippen LogP contribution in [0.2, 0.25) is 0 Å². The van der Waals surface area contributed by atoms with E-state index in [4.69, 9.17) is 4.42 Å². The van der Waals surface area contributed by atoms with Gasteiger partial charge in [-0.2, -0.15) is 0 Å². The molecule has 0 atom stereocenters. The number of carbonyl (C=O) groups excluding carboxylic acids is 1. The molecule has 2 aromatic carbocycles. The maximum atomic E-state index is 13.0. The predicted molar refractivity (Wildman–Crippen MR) is 126 cm³/mol. The molecule has 5 rings (SSSR count). The minimum absolute atomic E-state index is 0.0591. The lowest BCUT2D eigenvalue weighted by Gasteiger charge is -2.10. The minimum Gasteiger partial charge on any atom is -0.443 e. The van der Waals surface area contributed by atoms with Gasteiger partial charge in [-0.25, -0.2) is 22.9 Å². The van der Waals surface area contributed by atoms with Crippen molar-refractivity contribution in [2.75, 3.05) is 5.32 Å². The van der Waals surface area contributed by atoms with Gasteiger partial charge in [0.25, 0.3) is 15.6 Å². The number of thiophene rings is 1. The number of urea groups is 1. The number of benzene rings is 2. The van der Waals surface area contributed by atoms with Gasteiger partial charge in [0.1, 0.15) is 9.73 Å². The summed E-state index contributed by atoms with van der Waals surface area (Å²) in [4.78, 5) is 30.1. The average Bonchev–Trinajstić information content (AvgIpc) is 3.42. The van der Waals surface area contributed by atoms with Crippen LogP contribution in [0, 0.1) is 6.92 Å². The van der Waals surface area contributed by atoms with Crippen LogP contribution < -0.4 is 15.6 Å². The van der Waals surface area contributed by atoms with Crippen LogP contribution in [0.25, 0.3) is 27.6 Å². The van der Waals surface area contributed by atoms with Gasteiger partial charge in [-0.1, -0.05) is 0 Å². The number of fused-ring (bicyclic) bond motifs is 2. The Balaban J connectivity index is 1.36. The van der Waals surface area contributed by atoms with Crippen LogP contribution in [0.3, 0.4) is 0 Å². The Hall–Kier alpha value is -3.96. The minimum atomic E-state index is -3.95. The fraction of sp³-hybridized carbons (Fsp3) is 0.0455. The summed E-state index contributed by atoms with van der Waals surface area (Å²) in [6, 6.07) is 13.9. The molecule has 0 aliphatic heterocycles. The number of nitrogens with one attached hydrogen (secondary N) is 2. The van der Waals surface area contributed by atoms with E-state index in [0.29, 0.717) is 27.9 Å². The van der Waals surface area contributed by atoms with Gasteiger partial charge >= 0.3 is 6.03 Å². The highest BCUT2D eigenvalue weighted by molar-refractivity contribution is 7.92. The number of oxazole rings is 1. The Bertz CT molecular complexity index is 1680. The number of pyridine rings is 1. The molecule has 33 heavy (non-hydrogen) atoms. The predicted octanol–water partition coefficient (Wildman–Crippen LogP) is 4.01. The number of hydrogen-bond donors (Lipinski definition) is 2. The van der Waals surface area contributed by atoms with Crippen molar-refractivity contribution < 1.29 is 17.6 Å². The average molecular weight is 481 g/mol. The zero-order valence-electron chi connectivity index (χ0n) is 17.1. The first kappa shape index (κ1) is 20.9. The fourth-order valence-electron chi connectivity index (χ4n) is 3.39. The van der Waals surface area contributed by atoms with Crippen LogP contribution >= 0.6 is 11.3 Å². The standard InChI is InChI=1S/C22H16N4O5S2/c1-13-2-7-20(32-13)33(29,30)25-22(28)24-15-3-5-16(6-4-15)26-9-8-14-10-18-19(31-12-23-18)11-17(14)21(26)27/h2-12H,1H3,(H2,24,25,28). The van der Waals surface area contributed by atoms with E-state index in [9.17, 15) is 18.0 Å². The Kier molecular flexibility index (Phi) is 4.99. The van der Waals surface area contributed by atoms with E-state index >= 15 is 0 Å². The van der Waals surface area contributed by atoms with E-state index in [1.807, 2.05) is 10.8 Å². The molecule has 0 unspecified atom stereocenters. The third kappa shape index (κ3) is 3.99. The first-order valence-corrected chi connectivity index (χ1v) is 12.0. The first-order valence-electron chi connectivity index (χ1n) is 9.69. The lowest BCUT2D eigenvalue weighted by atomic mass is 10.1. The summed E-state index contributed by atoms with van der Waals surface area (Å²) >= 11 is 1.07. The van der Waals surface area contributed by atoms with Gasteiger partial charge in [0, 0.05) is 22.4 Å². The van der Waals surface area contributed by atoms with Crippen molar-refractivity contribution in [1.29, 1.82) is 0 Å². The number of sulfonamides is 1. The van der Waals surface area contributed by atoms with Crippen LogP contribution in [-0.2, 0) is 10.0 Å². The third-order valence-corrected chi connectivity index (χ3v) is 7.79. The van der Waals surface area contributed by atoms with Gasteiger partial charge < -0.3 is 9.73 Å². The van der Waals surface area contributed by atoms with Gasteiger partial charge in [-0.3, -0.25) is 9.36 Å². The molecule has 0 saturated heterocycles. The van der Waals surface area contributed by atoms with Crippen molar-refractivity contribution in [3.63, 3.8) is 0 Å². The molecule has 0 saturated carbocycles. The summed E-state index contributed by atoms with van der Waals surface area (Å²) in [6.45, 7) is 1.78. The molecule has 3 aromatic heterocycles. The Morgan fingerprint density at radius 2 is 1.88 bits per heavy atom. The van der Waals surface area contributed by atoms with Crippen molar-refractivity contribution in [1.82, 2.24) is 14.3 Å². The van der Waals surface area contributed by atoms with E-state index in [2.05, 4.69) is 10.3 Å². The van der Waals surface area contributed by atoms with Gasteiger partial charge in [-0.05, 0) is 66.9 Å². The van der Waals surface area contributed by atoms with Crippen LogP contribution in [0.15, 0.2) is 80.6 Å². The molecule has 0 aliphatic carbocycles. The quantitative estimate of drug-likeness (QED) is 0.401. The van der Waals surface area contributed by atoms with E-state index < -0.39 is 16.1 Å². The van der Waals surface area contributed by atoms with Gasteiger partial charge in [0.15, 0.2) is 12.0 Å². The van der Waals surface area contributed by atoms with Crippen molar-refractivity contribution in [3.8, 4) is 5.69 Å². The molecular formula is C22H16N4O5S2. The van der Waals surface area contributed by atoms with Crippen molar-refractivity contribution in [2.24, 2.45) is 0 Å². The highest BCUT2D eigenvalue weighted by Gasteiger charge is 2.19. The van der Waals surface area contributed by atoms with Gasteiger partial charge in [0.05, 0.1) is 5.39 Å². The van der Waals surface area contributed by atoms with Gasteiger partial charge in [-0.15, -0.1) is 11.3 Å². The lowest BCUT2D eigenvalue weighted by molar-refractivity contribution is 0.256. The summed E-state index contributed by atoms with van der Waals surface area (Å²) in [7, 11) is -3.95. The van der Waals surface area contributed by atoms with E-state index in [1.165, 1.54) is 17.0 Å². The van der Waals surface area contributed by atoms with E-state index in [0.717, 1.165) is 21.6 Å². The van der Waals surface area contributed by atoms with E-state index in [1.54, 1.807) is 55.6 Å². The second kappa shape index (κ2) is 7.87. The normalized spacial score (nSPS) is 11.7. The molecular weight excluding hydrogens is 464 g/mol. The third-order valence-electron chi connectivity index (χ3n) is 4.97. The molecule has 3 heterocycles. The Morgan fingerprint density at radius 3 is 2.61 bits per heavy atom. The highest BCUT2D eigenvalue weighted by Crippen LogP contribution is 2.22. The summed E-state index contributed by atoms with van der Waals surface area (Å²) in [5.41, 5.74) is 1.90. The number of nitrogens with zero attached hydrogens (tertiary/aromatic N) is 2. The molecule has 0 radical (unpaired) electrons. The number of anilines is 1. The summed E-state index contributed by atoms with van der Waals surface area (Å²) < 4.78 is 33.4. The van der Waals surface area contributed by atoms with E-state index in [-0.39, 0.29) is 9.77 Å². The number of rotatable bonds is 4. The van der Waals surface area contributed by atoms with Crippen LogP contribution in [0.1, 0.15) is 4.88 Å². The monoisotopic (exact) mass is 480 g/mol. The largest absolute Gasteiger partial charge is 0.443 e. The van der Waals surface area contributed by atoms with Crippen molar-refractivity contribution >= 4 is 55.0 Å². The van der Waals surface area contributed by atoms with Crippen molar-refractivity contribution in [3.05, 3.63) is 82.4 Å². The topological polar surface area (TPSA) is 123 Å².